The average molecular weight is 261 g/mol. The van der Waals surface area contributed by atoms with Gasteiger partial charge in [-0.15, -0.1) is 0 Å². The van der Waals surface area contributed by atoms with E-state index in [-0.39, 0.29) is 5.54 Å². The van der Waals surface area contributed by atoms with Gasteiger partial charge in [0, 0.05) is 49.2 Å². The molecule has 104 valence electrons. The fourth-order valence-corrected chi connectivity index (χ4v) is 1.93. The first kappa shape index (κ1) is 13.8. The van der Waals surface area contributed by atoms with Crippen molar-refractivity contribution in [3.63, 3.8) is 0 Å². The Kier molecular flexibility index (Phi) is 3.75. The largest absolute Gasteiger partial charge is 0.308 e. The second-order valence-corrected chi connectivity index (χ2v) is 5.86. The van der Waals surface area contributed by atoms with Crippen LogP contribution in [0.25, 0.3) is 11.3 Å². The van der Waals surface area contributed by atoms with E-state index in [0.717, 1.165) is 24.3 Å². The van der Waals surface area contributed by atoms with Crippen LogP contribution in [0.3, 0.4) is 0 Å². The van der Waals surface area contributed by atoms with Gasteiger partial charge < -0.3 is 5.32 Å². The SMILES string of the molecule is CCn1cc(-c2nn(C)cc2CNC(C)(C)C)cn1. The highest BCUT2D eigenvalue weighted by Gasteiger charge is 2.15. The van der Waals surface area contributed by atoms with Crippen LogP contribution < -0.4 is 5.32 Å². The summed E-state index contributed by atoms with van der Waals surface area (Å²) in [7, 11) is 1.95. The van der Waals surface area contributed by atoms with Crippen LogP contribution in [0, 0.1) is 0 Å². The highest BCUT2D eigenvalue weighted by atomic mass is 15.3. The summed E-state index contributed by atoms with van der Waals surface area (Å²) < 4.78 is 3.78. The molecule has 0 saturated heterocycles. The zero-order chi connectivity index (χ0) is 14.0. The van der Waals surface area contributed by atoms with Crippen molar-refractivity contribution in [2.24, 2.45) is 7.05 Å². The molecule has 2 heterocycles. The molecule has 0 aliphatic carbocycles. The molecule has 0 fully saturated rings. The summed E-state index contributed by atoms with van der Waals surface area (Å²) in [5.74, 6) is 0. The van der Waals surface area contributed by atoms with Crippen molar-refractivity contribution in [1.29, 1.82) is 0 Å². The summed E-state index contributed by atoms with van der Waals surface area (Å²) in [6.07, 6.45) is 5.99. The van der Waals surface area contributed by atoms with Gasteiger partial charge in [-0.05, 0) is 27.7 Å². The molecule has 0 spiro atoms. The van der Waals surface area contributed by atoms with Gasteiger partial charge in [-0.1, -0.05) is 0 Å². The third-order valence-corrected chi connectivity index (χ3v) is 2.94. The quantitative estimate of drug-likeness (QED) is 0.917. The van der Waals surface area contributed by atoms with Gasteiger partial charge in [0.25, 0.3) is 0 Å². The van der Waals surface area contributed by atoms with Gasteiger partial charge >= 0.3 is 0 Å². The lowest BCUT2D eigenvalue weighted by Gasteiger charge is -2.20. The van der Waals surface area contributed by atoms with Gasteiger partial charge in [0.1, 0.15) is 0 Å². The summed E-state index contributed by atoms with van der Waals surface area (Å²) >= 11 is 0. The van der Waals surface area contributed by atoms with E-state index < -0.39 is 0 Å². The molecule has 0 bridgehead atoms. The number of aryl methyl sites for hydroxylation is 2. The van der Waals surface area contributed by atoms with E-state index in [4.69, 9.17) is 0 Å². The summed E-state index contributed by atoms with van der Waals surface area (Å²) in [4.78, 5) is 0. The van der Waals surface area contributed by atoms with E-state index in [1.165, 1.54) is 5.56 Å². The van der Waals surface area contributed by atoms with E-state index in [1.54, 1.807) is 0 Å². The molecule has 2 aromatic rings. The average Bonchev–Trinajstić information content (AvgIpc) is 2.91. The molecule has 5 nitrogen and oxygen atoms in total. The smallest absolute Gasteiger partial charge is 0.0999 e. The van der Waals surface area contributed by atoms with Crippen LogP contribution in [0.15, 0.2) is 18.6 Å². The Morgan fingerprint density at radius 2 is 2.00 bits per heavy atom. The molecule has 19 heavy (non-hydrogen) atoms. The molecule has 5 heteroatoms. The molecule has 0 amide bonds. The Balaban J connectivity index is 2.25. The molecule has 0 radical (unpaired) electrons. The van der Waals surface area contributed by atoms with Crippen molar-refractivity contribution in [3.8, 4) is 11.3 Å². The number of hydrogen-bond donors (Lipinski definition) is 1. The van der Waals surface area contributed by atoms with E-state index >= 15 is 0 Å². The summed E-state index contributed by atoms with van der Waals surface area (Å²) in [5.41, 5.74) is 3.39. The first-order valence-electron chi connectivity index (χ1n) is 6.69. The number of nitrogens with zero attached hydrogens (tertiary/aromatic N) is 4. The zero-order valence-corrected chi connectivity index (χ0v) is 12.4. The predicted octanol–water partition coefficient (Wildman–Crippen LogP) is 2.19. The van der Waals surface area contributed by atoms with E-state index in [9.17, 15) is 0 Å². The minimum absolute atomic E-state index is 0.0979. The van der Waals surface area contributed by atoms with Gasteiger partial charge in [-0.3, -0.25) is 9.36 Å². The molecule has 0 aliphatic heterocycles. The van der Waals surface area contributed by atoms with E-state index in [0.29, 0.717) is 0 Å². The molecule has 0 saturated carbocycles. The molecular formula is C14H23N5. The lowest BCUT2D eigenvalue weighted by molar-refractivity contribution is 0.424. The first-order valence-corrected chi connectivity index (χ1v) is 6.69. The highest BCUT2D eigenvalue weighted by Crippen LogP contribution is 2.21. The maximum absolute atomic E-state index is 4.55. The lowest BCUT2D eigenvalue weighted by Crippen LogP contribution is -2.35. The number of hydrogen-bond acceptors (Lipinski definition) is 3. The fourth-order valence-electron chi connectivity index (χ4n) is 1.93. The second-order valence-electron chi connectivity index (χ2n) is 5.86. The van der Waals surface area contributed by atoms with Crippen molar-refractivity contribution < 1.29 is 0 Å². The van der Waals surface area contributed by atoms with Gasteiger partial charge in [-0.25, -0.2) is 0 Å². The second kappa shape index (κ2) is 5.17. The maximum Gasteiger partial charge on any atom is 0.0999 e. The third kappa shape index (κ3) is 3.44. The van der Waals surface area contributed by atoms with Gasteiger partial charge in [0.15, 0.2) is 0 Å². The van der Waals surface area contributed by atoms with Crippen LogP contribution in [0.1, 0.15) is 33.3 Å². The van der Waals surface area contributed by atoms with Crippen LogP contribution in [0.5, 0.6) is 0 Å². The molecule has 0 aliphatic rings. The Morgan fingerprint density at radius 1 is 1.26 bits per heavy atom. The monoisotopic (exact) mass is 261 g/mol. The molecule has 1 N–H and O–H groups in total. The minimum atomic E-state index is 0.0979. The molecule has 2 rings (SSSR count). The molecule has 0 unspecified atom stereocenters. The molecule has 0 aromatic carbocycles. The number of nitrogens with one attached hydrogen (secondary N) is 1. The van der Waals surface area contributed by atoms with Crippen LogP contribution >= 0.6 is 0 Å². The highest BCUT2D eigenvalue weighted by molar-refractivity contribution is 5.60. The topological polar surface area (TPSA) is 47.7 Å². The standard InChI is InChI=1S/C14H23N5/c1-6-19-10-12(8-16-19)13-11(9-18(5)17-13)7-15-14(2,3)4/h8-10,15H,6-7H2,1-5H3. The van der Waals surface area contributed by atoms with Crippen LogP contribution in [-0.4, -0.2) is 25.1 Å². The predicted molar refractivity (Wildman–Crippen MR) is 76.7 cm³/mol. The maximum atomic E-state index is 4.55. The zero-order valence-electron chi connectivity index (χ0n) is 12.4. The van der Waals surface area contributed by atoms with Crippen molar-refractivity contribution >= 4 is 0 Å². The van der Waals surface area contributed by atoms with E-state index in [2.05, 4.69) is 49.4 Å². The third-order valence-electron chi connectivity index (χ3n) is 2.94. The Bertz CT molecular complexity index is 544. The fraction of sp³-hybridized carbons (Fsp3) is 0.571. The normalized spacial score (nSPS) is 12.1. The Hall–Kier alpha value is -1.62. The minimum Gasteiger partial charge on any atom is -0.308 e. The van der Waals surface area contributed by atoms with Crippen molar-refractivity contribution in [2.75, 3.05) is 0 Å². The van der Waals surface area contributed by atoms with Crippen LogP contribution in [-0.2, 0) is 20.1 Å². The summed E-state index contributed by atoms with van der Waals surface area (Å²) in [5, 5.41) is 12.4. The van der Waals surface area contributed by atoms with E-state index in [1.807, 2.05) is 28.8 Å². The van der Waals surface area contributed by atoms with Crippen molar-refractivity contribution in [2.45, 2.75) is 46.3 Å². The summed E-state index contributed by atoms with van der Waals surface area (Å²) in [6.45, 7) is 10.3. The van der Waals surface area contributed by atoms with Gasteiger partial charge in [0.2, 0.25) is 0 Å². The van der Waals surface area contributed by atoms with Gasteiger partial charge in [-0.2, -0.15) is 10.2 Å². The Morgan fingerprint density at radius 3 is 2.58 bits per heavy atom. The van der Waals surface area contributed by atoms with Gasteiger partial charge in [0.05, 0.1) is 11.9 Å². The molecule has 2 aromatic heterocycles. The Labute approximate surface area is 114 Å². The lowest BCUT2D eigenvalue weighted by atomic mass is 10.1. The molecule has 0 atom stereocenters. The number of aromatic nitrogens is 4. The van der Waals surface area contributed by atoms with Crippen molar-refractivity contribution in [1.82, 2.24) is 24.9 Å². The van der Waals surface area contributed by atoms with Crippen LogP contribution in [0.4, 0.5) is 0 Å². The van der Waals surface area contributed by atoms with Crippen molar-refractivity contribution in [3.05, 3.63) is 24.2 Å². The molecular weight excluding hydrogens is 238 g/mol. The number of rotatable bonds is 4. The summed E-state index contributed by atoms with van der Waals surface area (Å²) in [6, 6.07) is 0. The first-order chi connectivity index (χ1) is 8.89. The van der Waals surface area contributed by atoms with Crippen LogP contribution in [0.2, 0.25) is 0 Å².